The van der Waals surface area contributed by atoms with Crippen molar-refractivity contribution in [2.75, 3.05) is 13.1 Å². The van der Waals surface area contributed by atoms with Gasteiger partial charge < -0.3 is 5.32 Å². The molecule has 3 fully saturated rings. The minimum atomic E-state index is -0.109. The summed E-state index contributed by atoms with van der Waals surface area (Å²) in [6.07, 6.45) is 6.09. The van der Waals surface area contributed by atoms with Gasteiger partial charge in [-0.2, -0.15) is 0 Å². The number of carbonyl (C=O) groups is 1. The lowest BCUT2D eigenvalue weighted by Crippen LogP contribution is -2.57. The second-order valence-electron chi connectivity index (χ2n) is 7.32. The molecule has 0 aliphatic carbocycles. The Morgan fingerprint density at radius 3 is 2.69 bits per heavy atom. The summed E-state index contributed by atoms with van der Waals surface area (Å²) < 4.78 is 0. The minimum absolute atomic E-state index is 0.0285. The first-order chi connectivity index (χ1) is 12.8. The van der Waals surface area contributed by atoms with Gasteiger partial charge in [0.05, 0.1) is 6.04 Å². The lowest BCUT2D eigenvalue weighted by molar-refractivity contribution is 0.00145. The van der Waals surface area contributed by atoms with Crippen molar-refractivity contribution in [1.29, 1.82) is 0 Å². The number of nitrogens with one attached hydrogen (secondary N) is 1. The summed E-state index contributed by atoms with van der Waals surface area (Å²) in [6, 6.07) is 16.0. The molecule has 1 aromatic heterocycles. The molecule has 26 heavy (non-hydrogen) atoms. The normalized spacial score (nSPS) is 28.3. The molecule has 0 saturated carbocycles. The van der Waals surface area contributed by atoms with Crippen LogP contribution in [0.4, 0.5) is 0 Å². The van der Waals surface area contributed by atoms with E-state index in [1.165, 1.54) is 6.42 Å². The molecular formula is C22H25N3O. The molecule has 1 N–H and O–H groups in total. The zero-order valence-corrected chi connectivity index (χ0v) is 14.9. The molecular weight excluding hydrogens is 322 g/mol. The van der Waals surface area contributed by atoms with E-state index in [0.29, 0.717) is 23.6 Å². The monoisotopic (exact) mass is 347 g/mol. The third kappa shape index (κ3) is 3.29. The first kappa shape index (κ1) is 17.0. The Morgan fingerprint density at radius 1 is 1.23 bits per heavy atom. The van der Waals surface area contributed by atoms with Crippen LogP contribution in [0.15, 0.2) is 67.4 Å². The highest BCUT2D eigenvalue weighted by Gasteiger charge is 2.42. The van der Waals surface area contributed by atoms with E-state index >= 15 is 0 Å². The fourth-order valence-corrected chi connectivity index (χ4v) is 4.50. The van der Waals surface area contributed by atoms with Crippen LogP contribution in [0, 0.1) is 11.8 Å². The topological polar surface area (TPSA) is 45.2 Å². The molecule has 1 aromatic carbocycles. The lowest BCUT2D eigenvalue weighted by atomic mass is 9.73. The molecule has 4 heteroatoms. The van der Waals surface area contributed by atoms with Gasteiger partial charge >= 0.3 is 0 Å². The Hall–Kier alpha value is -2.46. The molecule has 3 saturated heterocycles. The number of piperidine rings is 3. The van der Waals surface area contributed by atoms with Gasteiger partial charge in [0.2, 0.25) is 0 Å². The maximum Gasteiger partial charge on any atom is 0.270 e. The molecule has 3 aliphatic heterocycles. The average molecular weight is 347 g/mol. The molecule has 0 radical (unpaired) electrons. The third-order valence-electron chi connectivity index (χ3n) is 5.88. The Kier molecular flexibility index (Phi) is 4.85. The van der Waals surface area contributed by atoms with E-state index in [4.69, 9.17) is 0 Å². The number of aromatic nitrogens is 1. The van der Waals surface area contributed by atoms with Crippen LogP contribution in [-0.4, -0.2) is 34.9 Å². The Balaban J connectivity index is 1.60. The number of hydrogen-bond acceptors (Lipinski definition) is 3. The first-order valence-corrected chi connectivity index (χ1v) is 9.39. The largest absolute Gasteiger partial charge is 0.342 e. The van der Waals surface area contributed by atoms with Gasteiger partial charge in [-0.25, -0.2) is 0 Å². The second-order valence-corrected chi connectivity index (χ2v) is 7.32. The van der Waals surface area contributed by atoms with Crippen LogP contribution >= 0.6 is 0 Å². The molecule has 5 rings (SSSR count). The number of pyridine rings is 1. The third-order valence-corrected chi connectivity index (χ3v) is 5.88. The van der Waals surface area contributed by atoms with Crippen LogP contribution in [0.2, 0.25) is 0 Å². The molecule has 5 unspecified atom stereocenters. The molecule has 1 amide bonds. The number of amides is 1. The number of fused-ring (bicyclic) bond motifs is 3. The van der Waals surface area contributed by atoms with Crippen LogP contribution in [-0.2, 0) is 0 Å². The number of carbonyl (C=O) groups excluding carboxylic acids is 1. The summed E-state index contributed by atoms with van der Waals surface area (Å²) in [5.41, 5.74) is 1.62. The maximum atomic E-state index is 12.8. The molecule has 134 valence electrons. The lowest BCUT2D eigenvalue weighted by Gasteiger charge is -2.51. The molecule has 4 nitrogen and oxygen atoms in total. The van der Waals surface area contributed by atoms with Gasteiger partial charge in [0.1, 0.15) is 5.69 Å². The van der Waals surface area contributed by atoms with Crippen molar-refractivity contribution >= 4 is 5.91 Å². The standard InChI is InChI=1S/C22H25N3O/c1-2-16-15-25-13-11-18(16)14-20(25)21(17-8-4-3-5-9-17)24-22(26)19-10-6-7-12-23-19/h2-10,12,16,18,20-21H,1,11,13-15H2,(H,24,26). The van der Waals surface area contributed by atoms with Crippen molar-refractivity contribution in [3.8, 4) is 0 Å². The van der Waals surface area contributed by atoms with Crippen LogP contribution in [0.25, 0.3) is 0 Å². The summed E-state index contributed by atoms with van der Waals surface area (Å²) in [5.74, 6) is 1.13. The fourth-order valence-electron chi connectivity index (χ4n) is 4.50. The maximum absolute atomic E-state index is 12.8. The Bertz CT molecular complexity index is 761. The highest BCUT2D eigenvalue weighted by molar-refractivity contribution is 5.92. The van der Waals surface area contributed by atoms with Crippen LogP contribution in [0.3, 0.4) is 0 Å². The number of nitrogens with zero attached hydrogens (tertiary/aromatic N) is 2. The van der Waals surface area contributed by atoms with E-state index in [1.807, 2.05) is 30.3 Å². The molecule has 3 aliphatic rings. The van der Waals surface area contributed by atoms with Crippen LogP contribution < -0.4 is 5.32 Å². The fraction of sp³-hybridized carbons (Fsp3) is 0.364. The van der Waals surface area contributed by atoms with E-state index < -0.39 is 0 Å². The van der Waals surface area contributed by atoms with Crippen molar-refractivity contribution in [3.05, 3.63) is 78.6 Å². The van der Waals surface area contributed by atoms with Crippen LogP contribution in [0.1, 0.15) is 34.9 Å². The number of benzene rings is 1. The van der Waals surface area contributed by atoms with E-state index in [-0.39, 0.29) is 11.9 Å². The van der Waals surface area contributed by atoms with E-state index in [9.17, 15) is 4.79 Å². The van der Waals surface area contributed by atoms with Crippen molar-refractivity contribution in [1.82, 2.24) is 15.2 Å². The van der Waals surface area contributed by atoms with Crippen molar-refractivity contribution in [3.63, 3.8) is 0 Å². The summed E-state index contributed by atoms with van der Waals surface area (Å²) >= 11 is 0. The summed E-state index contributed by atoms with van der Waals surface area (Å²) in [5, 5.41) is 3.27. The van der Waals surface area contributed by atoms with Gasteiger partial charge in [0.15, 0.2) is 0 Å². The zero-order valence-electron chi connectivity index (χ0n) is 14.9. The van der Waals surface area contributed by atoms with Crippen molar-refractivity contribution < 1.29 is 4.79 Å². The van der Waals surface area contributed by atoms with Gasteiger partial charge in [0.25, 0.3) is 5.91 Å². The smallest absolute Gasteiger partial charge is 0.270 e. The predicted molar refractivity (Wildman–Crippen MR) is 103 cm³/mol. The highest BCUT2D eigenvalue weighted by atomic mass is 16.1. The predicted octanol–water partition coefficient (Wildman–Crippen LogP) is 3.45. The van der Waals surface area contributed by atoms with Crippen LogP contribution in [0.5, 0.6) is 0 Å². The first-order valence-electron chi connectivity index (χ1n) is 9.39. The summed E-state index contributed by atoms with van der Waals surface area (Å²) in [4.78, 5) is 19.5. The van der Waals surface area contributed by atoms with Gasteiger partial charge in [-0.1, -0.05) is 42.5 Å². The van der Waals surface area contributed by atoms with Gasteiger partial charge in [-0.3, -0.25) is 14.7 Å². The SMILES string of the molecule is C=CC1CN2CCC1CC2C(NC(=O)c1ccccn1)c1ccccc1. The Labute approximate surface area is 154 Å². The van der Waals surface area contributed by atoms with Crippen molar-refractivity contribution in [2.45, 2.75) is 24.9 Å². The summed E-state index contributed by atoms with van der Waals surface area (Å²) in [6.45, 7) is 6.16. The van der Waals surface area contributed by atoms with Gasteiger partial charge in [-0.05, 0) is 48.9 Å². The second kappa shape index (κ2) is 7.42. The summed E-state index contributed by atoms with van der Waals surface area (Å²) in [7, 11) is 0. The zero-order chi connectivity index (χ0) is 17.9. The number of hydrogen-bond donors (Lipinski definition) is 1. The molecule has 2 bridgehead atoms. The highest BCUT2D eigenvalue weighted by Crippen LogP contribution is 2.41. The van der Waals surface area contributed by atoms with E-state index in [0.717, 1.165) is 25.1 Å². The molecule has 0 spiro atoms. The molecule has 2 aromatic rings. The van der Waals surface area contributed by atoms with Gasteiger partial charge in [0, 0.05) is 18.8 Å². The number of rotatable bonds is 5. The van der Waals surface area contributed by atoms with Crippen molar-refractivity contribution in [2.24, 2.45) is 11.8 Å². The van der Waals surface area contributed by atoms with E-state index in [1.54, 1.807) is 12.3 Å². The minimum Gasteiger partial charge on any atom is -0.342 e. The Morgan fingerprint density at radius 2 is 2.04 bits per heavy atom. The van der Waals surface area contributed by atoms with E-state index in [2.05, 4.69) is 40.0 Å². The van der Waals surface area contributed by atoms with Gasteiger partial charge in [-0.15, -0.1) is 6.58 Å². The quantitative estimate of drug-likeness (QED) is 0.843. The molecule has 5 atom stereocenters. The average Bonchev–Trinajstić information content (AvgIpc) is 2.73. The molecule has 4 heterocycles.